The second kappa shape index (κ2) is 7.32. The van der Waals surface area contributed by atoms with Gasteiger partial charge in [-0.1, -0.05) is 56.6 Å². The van der Waals surface area contributed by atoms with E-state index in [4.69, 9.17) is 9.36 Å². The number of carboxylic acid groups (broad SMARTS) is 1. The fourth-order valence-electron chi connectivity index (χ4n) is 4.08. The highest BCUT2D eigenvalue weighted by Gasteiger charge is 2.60. The van der Waals surface area contributed by atoms with Gasteiger partial charge in [-0.25, -0.2) is 4.79 Å². The largest absolute Gasteiger partial charge is 0.465 e. The van der Waals surface area contributed by atoms with Gasteiger partial charge in [0.1, 0.15) is 17.0 Å². The molecule has 2 aliphatic heterocycles. The first-order valence-electron chi connectivity index (χ1n) is 9.53. The molecule has 1 amide bonds. The highest BCUT2D eigenvalue weighted by Crippen LogP contribution is 2.50. The zero-order valence-electron chi connectivity index (χ0n) is 16.4. The summed E-state index contributed by atoms with van der Waals surface area (Å²) >= 11 is 3.27. The molecule has 2 aromatic carbocycles. The molecule has 33 heavy (non-hydrogen) atoms. The number of halogens is 4. The second-order valence-corrected chi connectivity index (χ2v) is 8.39. The Kier molecular flexibility index (Phi) is 4.76. The number of carbonyl (C=O) groups is 1. The molecule has 5 rings (SSSR count). The smallest absolute Gasteiger partial charge is 0.422 e. The van der Waals surface area contributed by atoms with E-state index in [1.165, 1.54) is 36.4 Å². The van der Waals surface area contributed by atoms with Crippen LogP contribution >= 0.6 is 15.9 Å². The van der Waals surface area contributed by atoms with Crippen molar-refractivity contribution in [2.75, 3.05) is 11.4 Å². The summed E-state index contributed by atoms with van der Waals surface area (Å²) in [5, 5.41) is 28.5. The molecule has 3 aromatic rings. The summed E-state index contributed by atoms with van der Waals surface area (Å²) in [4.78, 5) is 18.0. The fraction of sp³-hybridized carbons (Fsp3) is 0.190. The van der Waals surface area contributed by atoms with E-state index < -0.39 is 47.5 Å². The van der Waals surface area contributed by atoms with Gasteiger partial charge in [0.25, 0.3) is 0 Å². The third-order valence-corrected chi connectivity index (χ3v) is 6.05. The Morgan fingerprint density at radius 3 is 2.61 bits per heavy atom. The zero-order valence-corrected chi connectivity index (χ0v) is 18.0. The monoisotopic (exact) mass is 523 g/mol. The topological polar surface area (TPSA) is 108 Å². The van der Waals surface area contributed by atoms with E-state index in [2.05, 4.69) is 26.2 Å². The summed E-state index contributed by atoms with van der Waals surface area (Å²) in [6, 6.07) is 12.2. The number of hydrogen-bond donors (Lipinski definition) is 2. The van der Waals surface area contributed by atoms with Crippen molar-refractivity contribution in [2.45, 2.75) is 12.0 Å². The normalized spacial score (nSPS) is 21.8. The van der Waals surface area contributed by atoms with Crippen LogP contribution in [0.2, 0.25) is 0 Å². The number of benzene rings is 2. The molecule has 2 aliphatic rings. The lowest BCUT2D eigenvalue weighted by atomic mass is 9.83. The van der Waals surface area contributed by atoms with Gasteiger partial charge in [0, 0.05) is 22.1 Å². The number of aromatic nitrogens is 1. The quantitative estimate of drug-likeness (QED) is 0.498. The number of rotatable bonds is 2. The summed E-state index contributed by atoms with van der Waals surface area (Å²) in [6.45, 7) is -0.424. The molecule has 0 fully saturated rings. The molecule has 12 heteroatoms. The third kappa shape index (κ3) is 3.28. The SMILES string of the molecule is O=C(O)N1CC2C(=NOC2(O)c2onc(-c3ccccc3)c2C(F)(F)F)c2ccc(Br)cc21. The van der Waals surface area contributed by atoms with E-state index in [1.807, 2.05) is 0 Å². The van der Waals surface area contributed by atoms with Crippen LogP contribution in [-0.2, 0) is 16.8 Å². The number of oxime groups is 1. The van der Waals surface area contributed by atoms with Crippen molar-refractivity contribution < 1.29 is 37.5 Å². The first-order valence-corrected chi connectivity index (χ1v) is 10.3. The van der Waals surface area contributed by atoms with Gasteiger partial charge in [-0.15, -0.1) is 0 Å². The molecule has 0 bridgehead atoms. The Bertz CT molecular complexity index is 1290. The maximum Gasteiger partial charge on any atom is 0.422 e. The number of amides is 1. The van der Waals surface area contributed by atoms with Crippen LogP contribution in [0, 0.1) is 5.92 Å². The van der Waals surface area contributed by atoms with Crippen LogP contribution < -0.4 is 4.90 Å². The molecule has 0 aliphatic carbocycles. The Hall–Kier alpha value is -3.38. The van der Waals surface area contributed by atoms with Gasteiger partial charge >= 0.3 is 18.1 Å². The van der Waals surface area contributed by atoms with Crippen molar-refractivity contribution in [3.63, 3.8) is 0 Å². The van der Waals surface area contributed by atoms with Crippen molar-refractivity contribution in [1.29, 1.82) is 0 Å². The molecule has 2 unspecified atom stereocenters. The number of nitrogens with zero attached hydrogens (tertiary/aromatic N) is 3. The Morgan fingerprint density at radius 1 is 1.21 bits per heavy atom. The summed E-state index contributed by atoms with van der Waals surface area (Å²) in [7, 11) is 0. The highest BCUT2D eigenvalue weighted by atomic mass is 79.9. The number of aliphatic hydroxyl groups is 1. The molecule has 3 heterocycles. The average Bonchev–Trinajstić information content (AvgIpc) is 3.36. The second-order valence-electron chi connectivity index (χ2n) is 7.47. The number of hydrogen-bond acceptors (Lipinski definition) is 6. The Morgan fingerprint density at radius 2 is 1.94 bits per heavy atom. The molecule has 0 radical (unpaired) electrons. The standard InChI is InChI=1S/C21H13BrF3N3O5/c22-11-6-7-12-14(8-11)28(19(29)30)9-13-17(12)27-33-20(13,31)18-15(21(23,24)25)16(26-32-18)10-4-2-1-3-5-10/h1-8,13,31H,9H2,(H,29,30). The lowest BCUT2D eigenvalue weighted by Gasteiger charge is -2.35. The van der Waals surface area contributed by atoms with E-state index >= 15 is 0 Å². The van der Waals surface area contributed by atoms with Gasteiger partial charge in [0.2, 0.25) is 5.76 Å². The van der Waals surface area contributed by atoms with Gasteiger partial charge in [-0.05, 0) is 18.2 Å². The minimum Gasteiger partial charge on any atom is -0.465 e. The molecule has 0 saturated heterocycles. The molecule has 2 atom stereocenters. The Labute approximate surface area is 192 Å². The number of alkyl halides is 3. The minimum atomic E-state index is -4.97. The van der Waals surface area contributed by atoms with Crippen molar-refractivity contribution in [2.24, 2.45) is 11.1 Å². The molecule has 0 saturated carbocycles. The molecule has 170 valence electrons. The lowest BCUT2D eigenvalue weighted by Crippen LogP contribution is -2.49. The third-order valence-electron chi connectivity index (χ3n) is 5.56. The number of fused-ring (bicyclic) bond motifs is 3. The fourth-order valence-corrected chi connectivity index (χ4v) is 4.42. The van der Waals surface area contributed by atoms with Gasteiger partial charge in [-0.3, -0.25) is 4.90 Å². The van der Waals surface area contributed by atoms with Gasteiger partial charge < -0.3 is 19.6 Å². The van der Waals surface area contributed by atoms with E-state index in [-0.39, 0.29) is 17.0 Å². The summed E-state index contributed by atoms with van der Waals surface area (Å²) < 4.78 is 48.1. The predicted octanol–water partition coefficient (Wildman–Crippen LogP) is 4.82. The summed E-state index contributed by atoms with van der Waals surface area (Å²) in [5.41, 5.74) is -1.09. The molecule has 8 nitrogen and oxygen atoms in total. The van der Waals surface area contributed by atoms with Crippen LogP contribution in [0.4, 0.5) is 23.7 Å². The van der Waals surface area contributed by atoms with E-state index in [9.17, 15) is 28.2 Å². The lowest BCUT2D eigenvalue weighted by molar-refractivity contribution is -0.233. The van der Waals surface area contributed by atoms with Crippen LogP contribution in [0.25, 0.3) is 11.3 Å². The molecular formula is C21H13BrF3N3O5. The van der Waals surface area contributed by atoms with Crippen molar-refractivity contribution in [1.82, 2.24) is 5.16 Å². The van der Waals surface area contributed by atoms with Crippen LogP contribution in [0.1, 0.15) is 16.9 Å². The summed E-state index contributed by atoms with van der Waals surface area (Å²) in [5.74, 6) is -5.04. The van der Waals surface area contributed by atoms with Gasteiger partial charge in [0.15, 0.2) is 0 Å². The van der Waals surface area contributed by atoms with Crippen molar-refractivity contribution in [3.8, 4) is 11.3 Å². The Balaban J connectivity index is 1.66. The highest BCUT2D eigenvalue weighted by molar-refractivity contribution is 9.10. The van der Waals surface area contributed by atoms with Crippen LogP contribution in [-0.4, -0.2) is 33.7 Å². The van der Waals surface area contributed by atoms with E-state index in [0.29, 0.717) is 10.0 Å². The first kappa shape index (κ1) is 21.5. The zero-order chi connectivity index (χ0) is 23.5. The van der Waals surface area contributed by atoms with Crippen molar-refractivity contribution >= 4 is 33.4 Å². The van der Waals surface area contributed by atoms with Gasteiger partial charge in [-0.2, -0.15) is 13.2 Å². The average molecular weight is 524 g/mol. The van der Waals surface area contributed by atoms with Crippen molar-refractivity contribution in [3.05, 3.63) is 69.9 Å². The van der Waals surface area contributed by atoms with Crippen LogP contribution in [0.5, 0.6) is 0 Å². The maximum atomic E-state index is 14.1. The summed E-state index contributed by atoms with van der Waals surface area (Å²) in [6.07, 6.45) is -6.33. The molecule has 0 spiro atoms. The number of anilines is 1. The molecular weight excluding hydrogens is 511 g/mol. The van der Waals surface area contributed by atoms with E-state index in [0.717, 1.165) is 4.90 Å². The maximum absolute atomic E-state index is 14.1. The van der Waals surface area contributed by atoms with E-state index in [1.54, 1.807) is 12.1 Å². The van der Waals surface area contributed by atoms with Crippen LogP contribution in [0.15, 0.2) is 62.7 Å². The molecule has 1 aromatic heterocycles. The first-order chi connectivity index (χ1) is 15.6. The van der Waals surface area contributed by atoms with Crippen LogP contribution in [0.3, 0.4) is 0 Å². The molecule has 2 N–H and O–H groups in total. The van der Waals surface area contributed by atoms with Gasteiger partial charge in [0.05, 0.1) is 11.6 Å². The minimum absolute atomic E-state index is 0.100. The predicted molar refractivity (Wildman–Crippen MR) is 111 cm³/mol.